The highest BCUT2D eigenvalue weighted by molar-refractivity contribution is 8.03. The molecule has 0 unspecified atom stereocenters. The number of hydrogen-bond acceptors (Lipinski definition) is 7. The van der Waals surface area contributed by atoms with Gasteiger partial charge in [-0.2, -0.15) is 9.61 Å². The molecule has 9 heteroatoms. The molecule has 1 aliphatic heterocycles. The van der Waals surface area contributed by atoms with Gasteiger partial charge >= 0.3 is 5.97 Å². The maximum Gasteiger partial charge on any atom is 0.354 e. The molecule has 5 rings (SSSR count). The van der Waals surface area contributed by atoms with Crippen LogP contribution in [0.4, 0.5) is 5.69 Å². The van der Waals surface area contributed by atoms with Crippen LogP contribution in [0.2, 0.25) is 0 Å². The van der Waals surface area contributed by atoms with Crippen molar-refractivity contribution in [2.75, 3.05) is 11.4 Å². The van der Waals surface area contributed by atoms with Gasteiger partial charge in [-0.25, -0.2) is 9.78 Å². The zero-order chi connectivity index (χ0) is 26.9. The fraction of sp³-hybridized carbons (Fsp3) is 0.345. The third-order valence-corrected chi connectivity index (χ3v) is 7.64. The highest BCUT2D eigenvalue weighted by atomic mass is 32.2. The summed E-state index contributed by atoms with van der Waals surface area (Å²) < 4.78 is 1.68. The van der Waals surface area contributed by atoms with Gasteiger partial charge in [0.25, 0.3) is 0 Å². The van der Waals surface area contributed by atoms with Crippen molar-refractivity contribution >= 4 is 35.1 Å². The van der Waals surface area contributed by atoms with Gasteiger partial charge in [0.05, 0.1) is 16.4 Å². The lowest BCUT2D eigenvalue weighted by Gasteiger charge is -2.20. The van der Waals surface area contributed by atoms with E-state index in [-0.39, 0.29) is 11.1 Å². The topological polar surface area (TPSA) is 96.5 Å². The number of aromatic nitrogens is 5. The number of allylic oxidation sites excluding steroid dienone is 1. The predicted molar refractivity (Wildman–Crippen MR) is 151 cm³/mol. The molecule has 3 aromatic heterocycles. The van der Waals surface area contributed by atoms with Gasteiger partial charge in [-0.1, -0.05) is 76.9 Å². The number of hydrogen-bond donors (Lipinski definition) is 1. The minimum Gasteiger partial charge on any atom is -0.477 e. The van der Waals surface area contributed by atoms with Crippen molar-refractivity contribution in [1.82, 2.24) is 24.8 Å². The van der Waals surface area contributed by atoms with E-state index in [0.29, 0.717) is 17.2 Å². The van der Waals surface area contributed by atoms with Crippen molar-refractivity contribution in [3.63, 3.8) is 0 Å². The van der Waals surface area contributed by atoms with Crippen LogP contribution in [0.5, 0.6) is 0 Å². The molecule has 0 bridgehead atoms. The number of rotatable bonds is 8. The fourth-order valence-corrected chi connectivity index (χ4v) is 5.70. The van der Waals surface area contributed by atoms with E-state index in [1.54, 1.807) is 28.4 Å². The van der Waals surface area contributed by atoms with Crippen molar-refractivity contribution in [1.29, 1.82) is 0 Å². The van der Waals surface area contributed by atoms with Crippen LogP contribution >= 0.6 is 11.8 Å². The van der Waals surface area contributed by atoms with Crippen molar-refractivity contribution < 1.29 is 9.90 Å². The molecule has 1 aliphatic rings. The van der Waals surface area contributed by atoms with Gasteiger partial charge in [-0.15, -0.1) is 10.2 Å². The van der Waals surface area contributed by atoms with E-state index in [1.165, 1.54) is 40.9 Å². The summed E-state index contributed by atoms with van der Waals surface area (Å²) in [7, 11) is 0. The van der Waals surface area contributed by atoms with E-state index in [4.69, 9.17) is 5.10 Å². The molecule has 0 saturated heterocycles. The minimum atomic E-state index is -1.09. The molecular formula is C29H32N6O2S. The Morgan fingerprint density at radius 3 is 2.61 bits per heavy atom. The zero-order valence-corrected chi connectivity index (χ0v) is 23.0. The number of aromatic carboxylic acids is 1. The van der Waals surface area contributed by atoms with Crippen molar-refractivity contribution in [2.24, 2.45) is 0 Å². The number of carboxylic acid groups (broad SMARTS) is 1. The number of carboxylic acids is 1. The number of benzene rings is 1. The third kappa shape index (κ3) is 5.03. The number of anilines is 1. The van der Waals surface area contributed by atoms with Gasteiger partial charge in [0.1, 0.15) is 11.4 Å². The molecule has 1 N–H and O–H groups in total. The second kappa shape index (κ2) is 10.6. The lowest BCUT2D eigenvalue weighted by molar-refractivity contribution is 0.0690. The Morgan fingerprint density at radius 2 is 1.84 bits per heavy atom. The lowest BCUT2D eigenvalue weighted by atomic mass is 9.91. The molecule has 0 atom stereocenters. The van der Waals surface area contributed by atoms with Crippen LogP contribution in [0.25, 0.3) is 23.2 Å². The normalized spacial score (nSPS) is 15.1. The first-order valence-electron chi connectivity index (χ1n) is 13.0. The first-order chi connectivity index (χ1) is 18.3. The lowest BCUT2D eigenvalue weighted by Crippen LogP contribution is -2.22. The molecular weight excluding hydrogens is 496 g/mol. The van der Waals surface area contributed by atoms with E-state index in [0.717, 1.165) is 23.9 Å². The summed E-state index contributed by atoms with van der Waals surface area (Å²) in [6.07, 6.45) is 9.08. The molecule has 0 radical (unpaired) electrons. The first kappa shape index (κ1) is 25.9. The number of thioether (sulfide) groups is 1. The fourth-order valence-electron chi connectivity index (χ4n) is 4.61. The molecule has 1 aromatic carbocycles. The van der Waals surface area contributed by atoms with Crippen LogP contribution in [0.3, 0.4) is 0 Å². The van der Waals surface area contributed by atoms with Crippen molar-refractivity contribution in [3.8, 4) is 11.5 Å². The summed E-state index contributed by atoms with van der Waals surface area (Å²) in [5, 5.41) is 25.1. The highest BCUT2D eigenvalue weighted by Crippen LogP contribution is 2.45. The Labute approximate surface area is 226 Å². The van der Waals surface area contributed by atoms with E-state index in [2.05, 4.69) is 84.2 Å². The monoisotopic (exact) mass is 528 g/mol. The summed E-state index contributed by atoms with van der Waals surface area (Å²) >= 11 is 1.78. The van der Waals surface area contributed by atoms with Crippen LogP contribution < -0.4 is 10.1 Å². The largest absolute Gasteiger partial charge is 0.477 e. The summed E-state index contributed by atoms with van der Waals surface area (Å²) in [4.78, 5) is 19.4. The second-order valence-electron chi connectivity index (χ2n) is 10.4. The summed E-state index contributed by atoms with van der Waals surface area (Å²) in [5.41, 5.74) is 2.90. The third-order valence-electron chi connectivity index (χ3n) is 6.51. The maximum absolute atomic E-state index is 11.5. The molecule has 0 amide bonds. The molecule has 0 spiro atoms. The van der Waals surface area contributed by atoms with Crippen LogP contribution in [0.1, 0.15) is 69.6 Å². The van der Waals surface area contributed by atoms with Gasteiger partial charge in [0.2, 0.25) is 5.82 Å². The number of pyridine rings is 1. The van der Waals surface area contributed by atoms with Gasteiger partial charge in [0.15, 0.2) is 5.65 Å². The predicted octanol–water partition coefficient (Wildman–Crippen LogP) is 5.72. The molecule has 0 aliphatic carbocycles. The Kier molecular flexibility index (Phi) is 7.21. The van der Waals surface area contributed by atoms with Gasteiger partial charge in [-0.05, 0) is 42.8 Å². The smallest absolute Gasteiger partial charge is 0.354 e. The SMILES string of the molecule is CCCCCCN1/C(=C/C=c2/c(C(C)(C)C)nn3c(-c4cccc(C(=O)O)n4)nnc23)Sc2ccccc21. The Morgan fingerprint density at radius 1 is 1.03 bits per heavy atom. The average Bonchev–Trinajstić information content (AvgIpc) is 3.57. The Bertz CT molecular complexity index is 1570. The van der Waals surface area contributed by atoms with Crippen molar-refractivity contribution in [3.05, 3.63) is 70.2 Å². The summed E-state index contributed by atoms with van der Waals surface area (Å²) in [6, 6.07) is 13.4. The molecule has 4 heterocycles. The van der Waals surface area contributed by atoms with Crippen LogP contribution in [0, 0.1) is 0 Å². The summed E-state index contributed by atoms with van der Waals surface area (Å²) in [5.74, 6) is -0.672. The van der Waals surface area contributed by atoms with Gasteiger partial charge < -0.3 is 10.0 Å². The average molecular weight is 529 g/mol. The molecule has 0 saturated carbocycles. The number of fused-ring (bicyclic) bond motifs is 2. The van der Waals surface area contributed by atoms with E-state index < -0.39 is 5.97 Å². The molecule has 0 fully saturated rings. The standard InChI is InChI=1S/C29H32N6O2S/c1-5-6-7-10-18-34-22-14-8-9-15-23(22)38-24(34)17-16-19-25(29(2,3)4)33-35-26(19)31-32-27(35)20-12-11-13-21(30-20)28(36)37/h8-9,11-17H,5-7,10,18H2,1-4H3,(H,36,37)/b19-16-,24-17-. The van der Waals surface area contributed by atoms with E-state index >= 15 is 0 Å². The van der Waals surface area contributed by atoms with Crippen LogP contribution in [0.15, 0.2) is 58.5 Å². The first-order valence-corrected chi connectivity index (χ1v) is 13.8. The van der Waals surface area contributed by atoms with Gasteiger partial charge in [-0.3, -0.25) is 0 Å². The van der Waals surface area contributed by atoms with E-state index in [9.17, 15) is 9.90 Å². The Hall–Kier alpha value is -3.72. The molecule has 4 aromatic rings. The maximum atomic E-state index is 11.5. The van der Waals surface area contributed by atoms with E-state index in [1.807, 2.05) is 0 Å². The number of nitrogens with zero attached hydrogens (tertiary/aromatic N) is 6. The minimum absolute atomic E-state index is 0.0461. The number of para-hydroxylation sites is 1. The zero-order valence-electron chi connectivity index (χ0n) is 22.2. The number of unbranched alkanes of at least 4 members (excludes halogenated alkanes) is 3. The molecule has 38 heavy (non-hydrogen) atoms. The highest BCUT2D eigenvalue weighted by Gasteiger charge is 2.26. The van der Waals surface area contributed by atoms with Crippen molar-refractivity contribution in [2.45, 2.75) is 63.7 Å². The second-order valence-corrected chi connectivity index (χ2v) is 11.5. The quantitative estimate of drug-likeness (QED) is 0.290. The molecule has 196 valence electrons. The van der Waals surface area contributed by atoms with Crippen LogP contribution in [-0.2, 0) is 5.41 Å². The number of carbonyl (C=O) groups is 1. The Balaban J connectivity index is 1.59. The summed E-state index contributed by atoms with van der Waals surface area (Å²) in [6.45, 7) is 9.57. The molecule has 8 nitrogen and oxygen atoms in total. The van der Waals surface area contributed by atoms with Crippen LogP contribution in [-0.4, -0.2) is 42.4 Å². The van der Waals surface area contributed by atoms with Gasteiger partial charge in [0, 0.05) is 22.1 Å².